The first-order valence-corrected chi connectivity index (χ1v) is 5.74. The summed E-state index contributed by atoms with van der Waals surface area (Å²) in [5.41, 5.74) is 8.55. The average Bonchev–Trinajstić information content (AvgIpc) is 2.54. The Morgan fingerprint density at radius 3 is 2.31 bits per heavy atom. The maximum atomic E-state index is 9.52. The molecule has 0 aliphatic heterocycles. The van der Waals surface area contributed by atoms with Gasteiger partial charge in [-0.3, -0.25) is 4.68 Å². The van der Waals surface area contributed by atoms with Gasteiger partial charge in [-0.2, -0.15) is 5.10 Å². The topological polar surface area (TPSA) is 64.1 Å². The van der Waals surface area contributed by atoms with Gasteiger partial charge in [0.1, 0.15) is 0 Å². The highest BCUT2D eigenvalue weighted by molar-refractivity contribution is 5.33. The van der Waals surface area contributed by atoms with Crippen LogP contribution < -0.4 is 5.73 Å². The number of hydrogen-bond donors (Lipinski definition) is 2. The van der Waals surface area contributed by atoms with Crippen LogP contribution in [0.4, 0.5) is 0 Å². The first-order chi connectivity index (χ1) is 7.37. The molecule has 0 amide bonds. The van der Waals surface area contributed by atoms with Gasteiger partial charge in [0.2, 0.25) is 0 Å². The maximum Gasteiger partial charge on any atom is 0.0635 e. The number of rotatable bonds is 4. The van der Waals surface area contributed by atoms with Crippen molar-refractivity contribution in [3.05, 3.63) is 17.0 Å². The van der Waals surface area contributed by atoms with Gasteiger partial charge in [-0.05, 0) is 27.7 Å². The quantitative estimate of drug-likeness (QED) is 0.811. The van der Waals surface area contributed by atoms with Crippen LogP contribution in [0.1, 0.15) is 43.8 Å². The molecule has 3 N–H and O–H groups in total. The van der Waals surface area contributed by atoms with Gasteiger partial charge in [0.25, 0.3) is 0 Å². The predicted octanol–water partition coefficient (Wildman–Crippen LogP) is 1.29. The van der Waals surface area contributed by atoms with E-state index in [2.05, 4.69) is 18.9 Å². The summed E-state index contributed by atoms with van der Waals surface area (Å²) in [6.07, 6.45) is 0. The lowest BCUT2D eigenvalue weighted by atomic mass is 9.82. The van der Waals surface area contributed by atoms with Gasteiger partial charge in [0.05, 0.1) is 12.3 Å². The van der Waals surface area contributed by atoms with E-state index in [4.69, 9.17) is 5.73 Å². The predicted molar refractivity (Wildman–Crippen MR) is 65.6 cm³/mol. The Kier molecular flexibility index (Phi) is 3.76. The van der Waals surface area contributed by atoms with Crippen molar-refractivity contribution in [1.29, 1.82) is 0 Å². The summed E-state index contributed by atoms with van der Waals surface area (Å²) < 4.78 is 1.99. The normalized spacial score (nSPS) is 15.5. The summed E-state index contributed by atoms with van der Waals surface area (Å²) in [4.78, 5) is 0. The second-order valence-corrected chi connectivity index (χ2v) is 5.01. The van der Waals surface area contributed by atoms with Crippen molar-refractivity contribution in [3.63, 3.8) is 0 Å². The largest absolute Gasteiger partial charge is 0.395 e. The Morgan fingerprint density at radius 1 is 1.44 bits per heavy atom. The summed E-state index contributed by atoms with van der Waals surface area (Å²) in [6.45, 7) is 10.7. The van der Waals surface area contributed by atoms with E-state index >= 15 is 0 Å². The Morgan fingerprint density at radius 2 is 2.00 bits per heavy atom. The molecule has 4 nitrogen and oxygen atoms in total. The number of hydrogen-bond acceptors (Lipinski definition) is 3. The van der Waals surface area contributed by atoms with Crippen molar-refractivity contribution in [1.82, 2.24) is 9.78 Å². The minimum absolute atomic E-state index is 0.0506. The van der Waals surface area contributed by atoms with Crippen molar-refractivity contribution in [2.75, 3.05) is 13.2 Å². The van der Waals surface area contributed by atoms with Crippen LogP contribution in [0.2, 0.25) is 0 Å². The lowest BCUT2D eigenvalue weighted by Crippen LogP contribution is -2.36. The number of aryl methyl sites for hydroxylation is 1. The standard InChI is InChI=1S/C12H23N3O/c1-8(2)15-10(4)11(9(3)14-15)12(5,6-13)7-16/h8,16H,6-7,13H2,1-5H3. The molecule has 1 unspecified atom stereocenters. The van der Waals surface area contributed by atoms with E-state index in [0.717, 1.165) is 17.0 Å². The molecule has 1 aromatic rings. The Balaban J connectivity index is 3.34. The van der Waals surface area contributed by atoms with Crippen molar-refractivity contribution in [2.24, 2.45) is 5.73 Å². The Labute approximate surface area is 97.5 Å². The van der Waals surface area contributed by atoms with E-state index in [1.807, 2.05) is 25.5 Å². The van der Waals surface area contributed by atoms with Gasteiger partial charge in [-0.1, -0.05) is 6.92 Å². The first-order valence-electron chi connectivity index (χ1n) is 5.74. The van der Waals surface area contributed by atoms with Crippen LogP contribution in [0.25, 0.3) is 0 Å². The van der Waals surface area contributed by atoms with Gasteiger partial charge in [-0.15, -0.1) is 0 Å². The van der Waals surface area contributed by atoms with Crippen LogP contribution >= 0.6 is 0 Å². The van der Waals surface area contributed by atoms with Crippen molar-refractivity contribution in [3.8, 4) is 0 Å². The van der Waals surface area contributed by atoms with Gasteiger partial charge < -0.3 is 10.8 Å². The molecule has 92 valence electrons. The summed E-state index contributed by atoms with van der Waals surface area (Å²) in [5, 5.41) is 14.0. The molecule has 16 heavy (non-hydrogen) atoms. The summed E-state index contributed by atoms with van der Waals surface area (Å²) in [7, 11) is 0. The SMILES string of the molecule is Cc1nn(C(C)C)c(C)c1C(C)(CN)CO. The highest BCUT2D eigenvalue weighted by Crippen LogP contribution is 2.29. The Hall–Kier alpha value is -0.870. The number of nitrogens with two attached hydrogens (primary N) is 1. The van der Waals surface area contributed by atoms with E-state index in [0.29, 0.717) is 12.6 Å². The molecule has 1 rings (SSSR count). The van der Waals surface area contributed by atoms with Gasteiger partial charge >= 0.3 is 0 Å². The zero-order valence-electron chi connectivity index (χ0n) is 10.9. The average molecular weight is 225 g/mol. The highest BCUT2D eigenvalue weighted by atomic mass is 16.3. The molecule has 1 aromatic heterocycles. The van der Waals surface area contributed by atoms with Gasteiger partial charge in [-0.25, -0.2) is 0 Å². The molecule has 4 heteroatoms. The van der Waals surface area contributed by atoms with Crippen LogP contribution in [0.3, 0.4) is 0 Å². The summed E-state index contributed by atoms with van der Waals surface area (Å²) in [6, 6.07) is 0.327. The summed E-state index contributed by atoms with van der Waals surface area (Å²) in [5.74, 6) is 0. The van der Waals surface area contributed by atoms with Crippen molar-refractivity contribution >= 4 is 0 Å². The molecule has 1 atom stereocenters. The molecular formula is C12H23N3O. The molecule has 0 saturated heterocycles. The maximum absolute atomic E-state index is 9.52. The number of aromatic nitrogens is 2. The van der Waals surface area contributed by atoms with Crippen molar-refractivity contribution in [2.45, 2.75) is 46.1 Å². The minimum Gasteiger partial charge on any atom is -0.395 e. The minimum atomic E-state index is -0.388. The van der Waals surface area contributed by atoms with Crippen molar-refractivity contribution < 1.29 is 5.11 Å². The molecule has 1 heterocycles. The number of nitrogens with zero attached hydrogens (tertiary/aromatic N) is 2. The molecule has 0 aromatic carbocycles. The first kappa shape index (κ1) is 13.2. The van der Waals surface area contributed by atoms with Gasteiger partial charge in [0.15, 0.2) is 0 Å². The van der Waals surface area contributed by atoms with E-state index in [1.165, 1.54) is 0 Å². The monoisotopic (exact) mass is 225 g/mol. The molecule has 0 spiro atoms. The van der Waals surface area contributed by atoms with Crippen LogP contribution in [-0.4, -0.2) is 28.0 Å². The van der Waals surface area contributed by atoms with Crippen LogP contribution in [0, 0.1) is 13.8 Å². The zero-order chi connectivity index (χ0) is 12.5. The third-order valence-corrected chi connectivity index (χ3v) is 3.22. The van der Waals surface area contributed by atoms with E-state index in [9.17, 15) is 5.11 Å². The van der Waals surface area contributed by atoms with E-state index in [1.54, 1.807) is 0 Å². The van der Waals surface area contributed by atoms with Crippen LogP contribution in [-0.2, 0) is 5.41 Å². The highest BCUT2D eigenvalue weighted by Gasteiger charge is 2.31. The number of aliphatic hydroxyl groups is 1. The lowest BCUT2D eigenvalue weighted by Gasteiger charge is -2.26. The molecule has 0 radical (unpaired) electrons. The van der Waals surface area contributed by atoms with E-state index < -0.39 is 0 Å². The third kappa shape index (κ3) is 1.99. The fourth-order valence-electron chi connectivity index (χ4n) is 2.28. The Bertz CT molecular complexity index is 365. The number of aliphatic hydroxyl groups excluding tert-OH is 1. The lowest BCUT2D eigenvalue weighted by molar-refractivity contribution is 0.209. The van der Waals surface area contributed by atoms with Crippen LogP contribution in [0.15, 0.2) is 0 Å². The zero-order valence-corrected chi connectivity index (χ0v) is 10.9. The second kappa shape index (κ2) is 4.55. The smallest absolute Gasteiger partial charge is 0.0635 e. The molecule has 0 aliphatic rings. The molecule has 0 bridgehead atoms. The van der Waals surface area contributed by atoms with Gasteiger partial charge in [0, 0.05) is 29.3 Å². The fraction of sp³-hybridized carbons (Fsp3) is 0.750. The second-order valence-electron chi connectivity index (χ2n) is 5.01. The summed E-state index contributed by atoms with van der Waals surface area (Å²) >= 11 is 0. The fourth-order valence-corrected chi connectivity index (χ4v) is 2.28. The molecular weight excluding hydrogens is 202 g/mol. The molecule has 0 aliphatic carbocycles. The van der Waals surface area contributed by atoms with Crippen LogP contribution in [0.5, 0.6) is 0 Å². The molecule has 0 fully saturated rings. The molecule has 0 saturated carbocycles. The van der Waals surface area contributed by atoms with E-state index in [-0.39, 0.29) is 12.0 Å². The third-order valence-electron chi connectivity index (χ3n) is 3.22.